The van der Waals surface area contributed by atoms with E-state index in [1.54, 1.807) is 36.3 Å². The lowest BCUT2D eigenvalue weighted by Crippen LogP contribution is -2.30. The van der Waals surface area contributed by atoms with Crippen LogP contribution < -0.4 is 4.74 Å². The Morgan fingerprint density at radius 2 is 1.68 bits per heavy atom. The highest BCUT2D eigenvalue weighted by atomic mass is 16.5. The zero-order valence-electron chi connectivity index (χ0n) is 15.7. The standard InChI is InChI=1S/C22H23NO5/c1-28-17-9-7-16(8-10-17)20(24)11-12-21(25)23-13-18(19(14-23)22(26)27)15-5-3-2-4-6-15/h2-10,18-19H,11-14H2,1H3,(H,26,27)/t18-,19+/m0/s1. The molecule has 0 saturated carbocycles. The van der Waals surface area contributed by atoms with Gasteiger partial charge in [-0.3, -0.25) is 14.4 Å². The molecule has 1 saturated heterocycles. The molecular formula is C22H23NO5. The minimum atomic E-state index is -0.904. The second-order valence-corrected chi connectivity index (χ2v) is 6.91. The molecule has 28 heavy (non-hydrogen) atoms. The van der Waals surface area contributed by atoms with E-state index in [-0.39, 0.29) is 37.0 Å². The summed E-state index contributed by atoms with van der Waals surface area (Å²) in [5.41, 5.74) is 1.44. The number of rotatable bonds is 7. The van der Waals surface area contributed by atoms with Crippen LogP contribution in [0, 0.1) is 5.92 Å². The number of benzene rings is 2. The zero-order valence-corrected chi connectivity index (χ0v) is 15.7. The highest BCUT2D eigenvalue weighted by molar-refractivity contribution is 5.98. The molecule has 6 nitrogen and oxygen atoms in total. The van der Waals surface area contributed by atoms with Crippen molar-refractivity contribution in [1.82, 2.24) is 4.90 Å². The summed E-state index contributed by atoms with van der Waals surface area (Å²) in [6.45, 7) is 0.529. The summed E-state index contributed by atoms with van der Waals surface area (Å²) < 4.78 is 5.07. The summed E-state index contributed by atoms with van der Waals surface area (Å²) in [7, 11) is 1.55. The van der Waals surface area contributed by atoms with Crippen LogP contribution >= 0.6 is 0 Å². The largest absolute Gasteiger partial charge is 0.497 e. The summed E-state index contributed by atoms with van der Waals surface area (Å²) in [5.74, 6) is -1.42. The molecule has 0 aliphatic carbocycles. The number of nitrogens with zero attached hydrogens (tertiary/aromatic N) is 1. The highest BCUT2D eigenvalue weighted by Crippen LogP contribution is 2.33. The lowest BCUT2D eigenvalue weighted by molar-refractivity contribution is -0.141. The van der Waals surface area contributed by atoms with Gasteiger partial charge >= 0.3 is 5.97 Å². The smallest absolute Gasteiger partial charge is 0.308 e. The van der Waals surface area contributed by atoms with Gasteiger partial charge in [-0.25, -0.2) is 0 Å². The first kappa shape index (κ1) is 19.6. The number of carbonyl (C=O) groups excluding carboxylic acids is 2. The van der Waals surface area contributed by atoms with Gasteiger partial charge in [0.15, 0.2) is 5.78 Å². The van der Waals surface area contributed by atoms with Crippen LogP contribution in [-0.2, 0) is 9.59 Å². The Bertz CT molecular complexity index is 847. The quantitative estimate of drug-likeness (QED) is 0.746. The minimum absolute atomic E-state index is 0.0682. The second kappa shape index (κ2) is 8.69. The van der Waals surface area contributed by atoms with Crippen LogP contribution in [0.1, 0.15) is 34.7 Å². The van der Waals surface area contributed by atoms with Gasteiger partial charge in [-0.2, -0.15) is 0 Å². The zero-order chi connectivity index (χ0) is 20.1. The van der Waals surface area contributed by atoms with Crippen LogP contribution in [-0.4, -0.2) is 47.9 Å². The summed E-state index contributed by atoms with van der Waals surface area (Å²) in [4.78, 5) is 38.1. The van der Waals surface area contributed by atoms with Crippen molar-refractivity contribution in [1.29, 1.82) is 0 Å². The predicted molar refractivity (Wildman–Crippen MR) is 103 cm³/mol. The lowest BCUT2D eigenvalue weighted by Gasteiger charge is -2.16. The average molecular weight is 381 g/mol. The Kier molecular flexibility index (Phi) is 6.09. The Balaban J connectivity index is 1.61. The third kappa shape index (κ3) is 4.39. The minimum Gasteiger partial charge on any atom is -0.497 e. The molecule has 1 amide bonds. The molecule has 0 unspecified atom stereocenters. The van der Waals surface area contributed by atoms with Crippen molar-refractivity contribution in [2.75, 3.05) is 20.2 Å². The molecule has 0 radical (unpaired) electrons. The maximum Gasteiger partial charge on any atom is 0.308 e. The van der Waals surface area contributed by atoms with Crippen LogP contribution in [0.3, 0.4) is 0 Å². The molecule has 0 bridgehead atoms. The lowest BCUT2D eigenvalue weighted by atomic mass is 9.89. The summed E-state index contributed by atoms with van der Waals surface area (Å²) in [6, 6.07) is 16.2. The Labute approximate surface area is 163 Å². The summed E-state index contributed by atoms with van der Waals surface area (Å²) >= 11 is 0. The molecule has 0 spiro atoms. The van der Waals surface area contributed by atoms with Gasteiger partial charge in [-0.1, -0.05) is 30.3 Å². The molecule has 3 rings (SSSR count). The molecule has 1 heterocycles. The van der Waals surface area contributed by atoms with Crippen LogP contribution in [0.5, 0.6) is 5.75 Å². The van der Waals surface area contributed by atoms with Gasteiger partial charge in [0.25, 0.3) is 0 Å². The van der Waals surface area contributed by atoms with Gasteiger partial charge in [0, 0.05) is 37.4 Å². The van der Waals surface area contributed by atoms with Crippen molar-refractivity contribution in [3.8, 4) is 5.75 Å². The van der Waals surface area contributed by atoms with Crippen molar-refractivity contribution >= 4 is 17.7 Å². The van der Waals surface area contributed by atoms with Gasteiger partial charge in [-0.05, 0) is 29.8 Å². The predicted octanol–water partition coefficient (Wildman–Crippen LogP) is 2.98. The SMILES string of the molecule is COc1ccc(C(=O)CCC(=O)N2C[C@@H](C(=O)O)[C@H](c3ccccc3)C2)cc1. The van der Waals surface area contributed by atoms with E-state index in [0.717, 1.165) is 5.56 Å². The summed E-state index contributed by atoms with van der Waals surface area (Å²) in [5, 5.41) is 9.55. The highest BCUT2D eigenvalue weighted by Gasteiger charge is 2.40. The fourth-order valence-corrected chi connectivity index (χ4v) is 3.60. The van der Waals surface area contributed by atoms with Crippen molar-refractivity contribution in [2.45, 2.75) is 18.8 Å². The van der Waals surface area contributed by atoms with Crippen molar-refractivity contribution in [2.24, 2.45) is 5.92 Å². The van der Waals surface area contributed by atoms with E-state index in [1.807, 2.05) is 30.3 Å². The number of carboxylic acids is 1. The Morgan fingerprint density at radius 3 is 2.29 bits per heavy atom. The van der Waals surface area contributed by atoms with Crippen LogP contribution in [0.4, 0.5) is 0 Å². The number of ketones is 1. The third-order valence-corrected chi connectivity index (χ3v) is 5.20. The Hall–Kier alpha value is -3.15. The van der Waals surface area contributed by atoms with E-state index >= 15 is 0 Å². The van der Waals surface area contributed by atoms with Gasteiger partial charge in [0.1, 0.15) is 5.75 Å². The van der Waals surface area contributed by atoms with E-state index in [2.05, 4.69) is 0 Å². The average Bonchev–Trinajstić information content (AvgIpc) is 3.18. The van der Waals surface area contributed by atoms with Crippen LogP contribution in [0.15, 0.2) is 54.6 Å². The van der Waals surface area contributed by atoms with Crippen molar-refractivity contribution in [3.05, 3.63) is 65.7 Å². The number of hydrogen-bond donors (Lipinski definition) is 1. The number of aliphatic carboxylic acids is 1. The van der Waals surface area contributed by atoms with Crippen LogP contribution in [0.25, 0.3) is 0 Å². The van der Waals surface area contributed by atoms with E-state index in [0.29, 0.717) is 17.9 Å². The number of ether oxygens (including phenoxy) is 1. The van der Waals surface area contributed by atoms with Gasteiger partial charge in [0.2, 0.25) is 5.91 Å². The van der Waals surface area contributed by atoms with E-state index < -0.39 is 11.9 Å². The van der Waals surface area contributed by atoms with Crippen molar-refractivity contribution in [3.63, 3.8) is 0 Å². The molecule has 0 aromatic heterocycles. The van der Waals surface area contributed by atoms with Crippen LogP contribution in [0.2, 0.25) is 0 Å². The third-order valence-electron chi connectivity index (χ3n) is 5.20. The number of likely N-dealkylation sites (tertiary alicyclic amines) is 1. The summed E-state index contributed by atoms with van der Waals surface area (Å²) in [6.07, 6.45) is 0.161. The molecule has 1 N–H and O–H groups in total. The first-order valence-electron chi connectivity index (χ1n) is 9.22. The number of carbonyl (C=O) groups is 3. The fourth-order valence-electron chi connectivity index (χ4n) is 3.60. The maximum atomic E-state index is 12.6. The topological polar surface area (TPSA) is 83.9 Å². The molecule has 1 aliphatic heterocycles. The van der Waals surface area contributed by atoms with E-state index in [9.17, 15) is 19.5 Å². The molecular weight excluding hydrogens is 358 g/mol. The molecule has 2 atom stereocenters. The second-order valence-electron chi connectivity index (χ2n) is 6.91. The normalized spacial score (nSPS) is 18.7. The van der Waals surface area contributed by atoms with Gasteiger partial charge in [-0.15, -0.1) is 0 Å². The monoisotopic (exact) mass is 381 g/mol. The maximum absolute atomic E-state index is 12.6. The molecule has 2 aromatic rings. The van der Waals surface area contributed by atoms with E-state index in [1.165, 1.54) is 0 Å². The molecule has 1 fully saturated rings. The fraction of sp³-hybridized carbons (Fsp3) is 0.318. The number of amides is 1. The van der Waals surface area contributed by atoms with E-state index in [4.69, 9.17) is 4.74 Å². The molecule has 1 aliphatic rings. The molecule has 146 valence electrons. The molecule has 6 heteroatoms. The van der Waals surface area contributed by atoms with Gasteiger partial charge < -0.3 is 14.7 Å². The van der Waals surface area contributed by atoms with Gasteiger partial charge in [0.05, 0.1) is 13.0 Å². The number of hydrogen-bond acceptors (Lipinski definition) is 4. The first-order chi connectivity index (χ1) is 13.5. The first-order valence-corrected chi connectivity index (χ1v) is 9.22. The Morgan fingerprint density at radius 1 is 1.00 bits per heavy atom. The number of carboxylic acid groups (broad SMARTS) is 1. The van der Waals surface area contributed by atoms with Crippen molar-refractivity contribution < 1.29 is 24.2 Å². The number of Topliss-reactive ketones (excluding diaryl/α,β-unsaturated/α-hetero) is 1. The molecule has 2 aromatic carbocycles. The number of methoxy groups -OCH3 is 1.